The van der Waals surface area contributed by atoms with E-state index in [4.69, 9.17) is 27.8 Å². The Morgan fingerprint density at radius 3 is 1.02 bits per heavy atom. The molecule has 3 aromatic rings. The lowest BCUT2D eigenvalue weighted by Crippen LogP contribution is -2.39. The van der Waals surface area contributed by atoms with Gasteiger partial charge in [-0.15, -0.1) is 0 Å². The van der Waals surface area contributed by atoms with Crippen LogP contribution in [0.4, 0.5) is 0 Å². The minimum atomic E-state index is -5.21. The summed E-state index contributed by atoms with van der Waals surface area (Å²) < 4.78 is 48.4. The number of rotatable bonds is 12. The van der Waals surface area contributed by atoms with Crippen molar-refractivity contribution in [2.45, 2.75) is 73.6 Å². The fourth-order valence-electron chi connectivity index (χ4n) is 6.38. The summed E-state index contributed by atoms with van der Waals surface area (Å²) in [6.45, 7) is -3.12. The first-order valence-electron chi connectivity index (χ1n) is 16.8. The molecule has 0 bridgehead atoms. The highest BCUT2D eigenvalue weighted by Crippen LogP contribution is 2.51. The van der Waals surface area contributed by atoms with Crippen molar-refractivity contribution in [3.05, 3.63) is 97.8 Å². The Hall–Kier alpha value is -5.74. The van der Waals surface area contributed by atoms with Gasteiger partial charge in [-0.2, -0.15) is 15.8 Å². The van der Waals surface area contributed by atoms with E-state index < -0.39 is 152 Å². The Kier molecular flexibility index (Phi) is 12.2. The van der Waals surface area contributed by atoms with Gasteiger partial charge in [0.1, 0.15) is 90.2 Å². The summed E-state index contributed by atoms with van der Waals surface area (Å²) in [4.78, 5) is 78.4. The zero-order valence-electron chi connectivity index (χ0n) is 29.4. The van der Waals surface area contributed by atoms with Crippen LogP contribution in [0, 0.1) is 34.0 Å². The number of aromatic nitrogens is 6. The summed E-state index contributed by atoms with van der Waals surface area (Å²) in [5.41, 5.74) is -8.31. The summed E-state index contributed by atoms with van der Waals surface area (Å²) >= 11 is 0. The number of phosphoric ester groups is 1. The van der Waals surface area contributed by atoms with Gasteiger partial charge in [0.15, 0.2) is 18.7 Å². The molecule has 59 heavy (non-hydrogen) atoms. The van der Waals surface area contributed by atoms with E-state index in [0.717, 1.165) is 0 Å². The molecule has 3 fully saturated rings. The number of ether oxygens (including phenoxy) is 3. The van der Waals surface area contributed by atoms with E-state index in [1.54, 1.807) is 18.2 Å². The lowest BCUT2D eigenvalue weighted by Gasteiger charge is -2.24. The maximum absolute atomic E-state index is 14.2. The zero-order valence-corrected chi connectivity index (χ0v) is 30.3. The summed E-state index contributed by atoms with van der Waals surface area (Å²) in [5, 5.41) is 92.8. The van der Waals surface area contributed by atoms with Crippen molar-refractivity contribution in [2.24, 2.45) is 0 Å². The van der Waals surface area contributed by atoms with E-state index in [9.17, 15) is 79.8 Å². The van der Waals surface area contributed by atoms with Crippen molar-refractivity contribution in [3.63, 3.8) is 0 Å². The highest BCUT2D eigenvalue weighted by atomic mass is 31.2. The normalized spacial score (nSPS) is 30.5. The number of hydrogen-bond donors (Lipinski definition) is 9. The number of aliphatic hydroxyl groups is 6. The number of hydrogen-bond acceptors (Lipinski definition) is 22. The van der Waals surface area contributed by atoms with Crippen molar-refractivity contribution in [2.75, 3.05) is 19.8 Å². The Balaban J connectivity index is 1.24. The molecule has 6 heterocycles. The number of aliphatic hydroxyl groups excluding tert-OH is 6. The lowest BCUT2D eigenvalue weighted by atomic mass is 10.1. The molecule has 0 aromatic carbocycles. The predicted molar refractivity (Wildman–Crippen MR) is 181 cm³/mol. The first-order chi connectivity index (χ1) is 27.9. The van der Waals surface area contributed by atoms with Crippen LogP contribution in [0.5, 0.6) is 0 Å². The Labute approximate surface area is 324 Å². The van der Waals surface area contributed by atoms with Gasteiger partial charge in [-0.3, -0.25) is 56.6 Å². The first kappa shape index (κ1) is 42.9. The van der Waals surface area contributed by atoms with Crippen molar-refractivity contribution in [1.82, 2.24) is 28.7 Å². The van der Waals surface area contributed by atoms with Gasteiger partial charge in [0.05, 0.1) is 19.8 Å². The molecule has 0 aliphatic carbocycles. The van der Waals surface area contributed by atoms with Crippen LogP contribution < -0.4 is 33.7 Å². The third-order valence-electron chi connectivity index (χ3n) is 9.24. The number of nitrogens with one attached hydrogen (secondary N) is 3. The fourth-order valence-corrected chi connectivity index (χ4v) is 7.59. The van der Waals surface area contributed by atoms with E-state index in [1.807, 2.05) is 15.0 Å². The summed E-state index contributed by atoms with van der Waals surface area (Å²) in [7, 11) is -5.21. The number of nitrogens with zero attached hydrogens (tertiary/aromatic N) is 6. The van der Waals surface area contributed by atoms with Crippen molar-refractivity contribution in [3.8, 4) is 18.2 Å². The van der Waals surface area contributed by atoms with Crippen LogP contribution in [0.15, 0.2) is 47.0 Å². The molecule has 12 atom stereocenters. The van der Waals surface area contributed by atoms with Crippen LogP contribution in [0.25, 0.3) is 0 Å². The largest absolute Gasteiger partial charge is 0.475 e. The van der Waals surface area contributed by atoms with Gasteiger partial charge >= 0.3 is 24.9 Å². The van der Waals surface area contributed by atoms with Crippen molar-refractivity contribution >= 4 is 7.82 Å². The maximum atomic E-state index is 14.2. The number of H-pyrrole nitrogens is 3. The van der Waals surface area contributed by atoms with Crippen LogP contribution in [0.2, 0.25) is 0 Å². The van der Waals surface area contributed by atoms with Gasteiger partial charge in [-0.25, -0.2) is 18.9 Å². The molecule has 3 saturated heterocycles. The molecule has 29 heteroatoms. The molecule has 3 aromatic heterocycles. The van der Waals surface area contributed by atoms with Gasteiger partial charge in [-0.05, 0) is 0 Å². The number of nitriles is 3. The molecular formula is C30H30N9O19P. The van der Waals surface area contributed by atoms with Gasteiger partial charge in [0.2, 0.25) is 0 Å². The Morgan fingerprint density at radius 2 is 0.780 bits per heavy atom. The molecule has 0 spiro atoms. The van der Waals surface area contributed by atoms with Crippen LogP contribution in [-0.2, 0) is 32.3 Å². The van der Waals surface area contributed by atoms with Crippen LogP contribution in [0.3, 0.4) is 0 Å². The van der Waals surface area contributed by atoms with E-state index >= 15 is 0 Å². The molecule has 0 unspecified atom stereocenters. The van der Waals surface area contributed by atoms with E-state index in [0.29, 0.717) is 31.9 Å². The van der Waals surface area contributed by atoms with E-state index in [2.05, 4.69) is 0 Å². The van der Waals surface area contributed by atoms with Gasteiger partial charge in [0, 0.05) is 18.2 Å². The van der Waals surface area contributed by atoms with Crippen LogP contribution >= 0.6 is 7.82 Å². The molecule has 314 valence electrons. The molecule has 28 nitrogen and oxygen atoms in total. The maximum Gasteiger partial charge on any atom is 0.475 e. The second-order valence-electron chi connectivity index (χ2n) is 12.9. The third kappa shape index (κ3) is 8.28. The molecule has 0 saturated carbocycles. The summed E-state index contributed by atoms with van der Waals surface area (Å²) in [6.07, 6.45) is -22.4. The SMILES string of the molecule is N#Cc1cc(=O)[nH]c(=O)n1[C@@H]1O[C@H](COP(=O)(OC[C@H]2O[C@@H](n3c(C#N)cc(=O)[nH]c3=O)[C@H](O)[C@@H]2O)OC[C@H]2O[C@@H](n3c(C#N)cc(=O)[nH]c3=O)[C@H](O)[C@@H]2O)[C@@H](O)[C@H]1O. The smallest absolute Gasteiger partial charge is 0.387 e. The summed E-state index contributed by atoms with van der Waals surface area (Å²) in [6, 6.07) is 6.81. The molecule has 0 radical (unpaired) electrons. The second-order valence-corrected chi connectivity index (χ2v) is 14.6. The van der Waals surface area contributed by atoms with Crippen LogP contribution in [-0.4, -0.2) is 134 Å². The summed E-state index contributed by atoms with van der Waals surface area (Å²) in [5.74, 6) is 0. The van der Waals surface area contributed by atoms with Crippen LogP contribution in [0.1, 0.15) is 35.8 Å². The topological polar surface area (TPSA) is 430 Å². The molecule has 3 aliphatic heterocycles. The number of aromatic amines is 3. The quantitative estimate of drug-likeness (QED) is 0.0765. The third-order valence-corrected chi connectivity index (χ3v) is 10.6. The Morgan fingerprint density at radius 1 is 0.525 bits per heavy atom. The predicted octanol–water partition coefficient (Wildman–Crippen LogP) is -6.73. The molecule has 3 aliphatic rings. The van der Waals surface area contributed by atoms with Gasteiger partial charge in [-0.1, -0.05) is 0 Å². The second kappa shape index (κ2) is 16.9. The first-order valence-corrected chi connectivity index (χ1v) is 18.2. The average molecular weight is 852 g/mol. The highest BCUT2D eigenvalue weighted by molar-refractivity contribution is 7.48. The highest BCUT2D eigenvalue weighted by Gasteiger charge is 2.50. The molecular weight excluding hydrogens is 821 g/mol. The average Bonchev–Trinajstić information content (AvgIpc) is 3.75. The van der Waals surface area contributed by atoms with E-state index in [-0.39, 0.29) is 0 Å². The fraction of sp³-hybridized carbons (Fsp3) is 0.500. The minimum absolute atomic E-state index is 0.514. The molecule has 9 N–H and O–H groups in total. The number of phosphoric acid groups is 1. The lowest BCUT2D eigenvalue weighted by molar-refractivity contribution is -0.0752. The monoisotopic (exact) mass is 851 g/mol. The Bertz CT molecular complexity index is 2370. The minimum Gasteiger partial charge on any atom is -0.387 e. The molecule has 0 amide bonds. The van der Waals surface area contributed by atoms with Gasteiger partial charge < -0.3 is 44.8 Å². The zero-order chi connectivity index (χ0) is 43.1. The van der Waals surface area contributed by atoms with E-state index in [1.165, 1.54) is 0 Å². The van der Waals surface area contributed by atoms with Crippen molar-refractivity contribution < 1.29 is 63.0 Å². The van der Waals surface area contributed by atoms with Crippen molar-refractivity contribution in [1.29, 1.82) is 15.8 Å². The molecule has 6 rings (SSSR count). The van der Waals surface area contributed by atoms with Gasteiger partial charge in [0.25, 0.3) is 16.7 Å². The standard InChI is InChI=1S/C30H30N9O19P/c31-4-10-1-16(40)34-28(49)37(10)25-22(46)19(43)13(56-25)7-53-59(52,54-8-14-20(44)23(47)26(57-14)38-11(5-32)2-17(41)35-29(38)50)55-9-15-21(45)24(48)27(58-15)39-12(6-33)3-18(42)36-30(39)51/h1-3,13-15,19-27,43-48H,7-9H2,(H,34,40,49)(H,35,41,50)(H,36,42,51)/t13-,14-,15-,19-,20-,21-,22-,23-,24-,25-,26-,27-/m1/s1.